The third-order valence-corrected chi connectivity index (χ3v) is 4.34. The van der Waals surface area contributed by atoms with Gasteiger partial charge in [0.15, 0.2) is 5.69 Å². The summed E-state index contributed by atoms with van der Waals surface area (Å²) in [5.41, 5.74) is 0.428. The summed E-state index contributed by atoms with van der Waals surface area (Å²) in [6.07, 6.45) is 4.62. The number of nitrogens with zero attached hydrogens (tertiary/aromatic N) is 2. The van der Waals surface area contributed by atoms with Gasteiger partial charge in [0.1, 0.15) is 5.76 Å². The molecule has 1 saturated heterocycles. The molecule has 2 heterocycles. The van der Waals surface area contributed by atoms with Crippen LogP contribution in [0.2, 0.25) is 0 Å². The Morgan fingerprint density at radius 3 is 3.00 bits per heavy atom. The molecule has 2 aliphatic rings. The third kappa shape index (κ3) is 2.87. The second-order valence-corrected chi connectivity index (χ2v) is 6.24. The molecule has 5 heteroatoms. The van der Waals surface area contributed by atoms with Crippen molar-refractivity contribution in [2.75, 3.05) is 20.1 Å². The van der Waals surface area contributed by atoms with Crippen LogP contribution in [0.1, 0.15) is 54.8 Å². The van der Waals surface area contributed by atoms with Crippen LogP contribution in [0.3, 0.4) is 0 Å². The molecule has 0 unspecified atom stereocenters. The van der Waals surface area contributed by atoms with E-state index in [4.69, 9.17) is 4.52 Å². The van der Waals surface area contributed by atoms with E-state index in [1.165, 1.54) is 0 Å². The molecule has 1 saturated carbocycles. The lowest BCUT2D eigenvalue weighted by atomic mass is 9.98. The van der Waals surface area contributed by atoms with Crippen molar-refractivity contribution in [3.05, 3.63) is 17.5 Å². The average molecular weight is 277 g/mol. The number of likely N-dealkylation sites (N-methyl/N-ethyl adjacent to an activating group) is 1. The average Bonchev–Trinajstić information content (AvgIpc) is 3.04. The lowest BCUT2D eigenvalue weighted by Crippen LogP contribution is -2.40. The number of hydrogen-bond acceptors (Lipinski definition) is 4. The maximum Gasteiger partial charge on any atom is 0.273 e. The molecule has 2 fully saturated rings. The van der Waals surface area contributed by atoms with Crippen LogP contribution in [0.4, 0.5) is 0 Å². The van der Waals surface area contributed by atoms with E-state index < -0.39 is 0 Å². The second-order valence-electron chi connectivity index (χ2n) is 6.24. The summed E-state index contributed by atoms with van der Waals surface area (Å²) in [5, 5.41) is 7.04. The van der Waals surface area contributed by atoms with Crippen LogP contribution in [-0.2, 0) is 0 Å². The van der Waals surface area contributed by atoms with Gasteiger partial charge in [-0.1, -0.05) is 18.5 Å². The monoisotopic (exact) mass is 277 g/mol. The van der Waals surface area contributed by atoms with Crippen LogP contribution < -0.4 is 5.32 Å². The summed E-state index contributed by atoms with van der Waals surface area (Å²) in [4.78, 5) is 14.5. The minimum atomic E-state index is -0.0953. The Hall–Kier alpha value is -1.36. The van der Waals surface area contributed by atoms with Gasteiger partial charge >= 0.3 is 0 Å². The molecule has 0 bridgehead atoms. The topological polar surface area (TPSA) is 58.4 Å². The van der Waals surface area contributed by atoms with Crippen molar-refractivity contribution in [1.29, 1.82) is 0 Å². The molecule has 1 aromatic rings. The van der Waals surface area contributed by atoms with Gasteiger partial charge in [-0.2, -0.15) is 0 Å². The lowest BCUT2D eigenvalue weighted by molar-refractivity contribution is 0.0920. The summed E-state index contributed by atoms with van der Waals surface area (Å²) < 4.78 is 5.25. The minimum absolute atomic E-state index is 0.0953. The highest BCUT2D eigenvalue weighted by Crippen LogP contribution is 2.40. The molecule has 1 aliphatic carbocycles. The van der Waals surface area contributed by atoms with Gasteiger partial charge in [-0.05, 0) is 32.2 Å². The predicted molar refractivity (Wildman–Crippen MR) is 75.6 cm³/mol. The summed E-state index contributed by atoms with van der Waals surface area (Å²) in [6.45, 7) is 4.17. The first-order valence-electron chi connectivity index (χ1n) is 7.63. The van der Waals surface area contributed by atoms with Crippen LogP contribution in [0.15, 0.2) is 10.6 Å². The van der Waals surface area contributed by atoms with Crippen molar-refractivity contribution in [2.24, 2.45) is 5.92 Å². The number of nitrogens with one attached hydrogen (secondary N) is 1. The molecule has 0 aromatic carbocycles. The van der Waals surface area contributed by atoms with Gasteiger partial charge in [0.2, 0.25) is 0 Å². The minimum Gasteiger partial charge on any atom is -0.360 e. The van der Waals surface area contributed by atoms with E-state index in [0.717, 1.165) is 44.5 Å². The van der Waals surface area contributed by atoms with Gasteiger partial charge in [-0.15, -0.1) is 0 Å². The quantitative estimate of drug-likeness (QED) is 0.894. The van der Waals surface area contributed by atoms with Crippen LogP contribution in [0.5, 0.6) is 0 Å². The Balaban J connectivity index is 1.61. The molecule has 5 nitrogen and oxygen atoms in total. The first-order chi connectivity index (χ1) is 9.67. The molecule has 2 atom stereocenters. The van der Waals surface area contributed by atoms with Gasteiger partial charge in [0.25, 0.3) is 5.91 Å². The fraction of sp³-hybridized carbons (Fsp3) is 0.733. The molecule has 0 spiro atoms. The van der Waals surface area contributed by atoms with Crippen LogP contribution in [0, 0.1) is 5.92 Å². The van der Waals surface area contributed by atoms with Crippen LogP contribution in [0.25, 0.3) is 0 Å². The van der Waals surface area contributed by atoms with Crippen molar-refractivity contribution in [3.8, 4) is 0 Å². The van der Waals surface area contributed by atoms with Gasteiger partial charge < -0.3 is 14.7 Å². The van der Waals surface area contributed by atoms with Crippen molar-refractivity contribution in [2.45, 2.75) is 44.6 Å². The molecule has 3 rings (SSSR count). The molecule has 1 amide bonds. The second kappa shape index (κ2) is 5.56. The number of rotatable bonds is 5. The van der Waals surface area contributed by atoms with Crippen LogP contribution in [-0.4, -0.2) is 42.1 Å². The smallest absolute Gasteiger partial charge is 0.273 e. The summed E-state index contributed by atoms with van der Waals surface area (Å²) >= 11 is 0. The normalized spacial score (nSPS) is 26.9. The van der Waals surface area contributed by atoms with E-state index in [1.807, 2.05) is 0 Å². The van der Waals surface area contributed by atoms with Gasteiger partial charge in [0, 0.05) is 31.1 Å². The molecular weight excluding hydrogens is 254 g/mol. The van der Waals surface area contributed by atoms with E-state index >= 15 is 0 Å². The summed E-state index contributed by atoms with van der Waals surface area (Å²) in [5.74, 6) is 1.81. The largest absolute Gasteiger partial charge is 0.360 e. The first kappa shape index (κ1) is 13.6. The number of hydrogen-bond donors (Lipinski definition) is 1. The maximum atomic E-state index is 12.3. The number of carbonyl (C=O) groups excluding carboxylic acids is 1. The Labute approximate surface area is 119 Å². The Morgan fingerprint density at radius 1 is 1.50 bits per heavy atom. The molecule has 1 aromatic heterocycles. The third-order valence-electron chi connectivity index (χ3n) is 4.34. The molecule has 0 radical (unpaired) electrons. The van der Waals surface area contributed by atoms with Gasteiger partial charge in [-0.3, -0.25) is 4.79 Å². The number of carbonyl (C=O) groups is 1. The van der Waals surface area contributed by atoms with Crippen molar-refractivity contribution in [1.82, 2.24) is 15.4 Å². The van der Waals surface area contributed by atoms with E-state index in [-0.39, 0.29) is 11.9 Å². The highest BCUT2D eigenvalue weighted by atomic mass is 16.5. The Bertz CT molecular complexity index is 481. The van der Waals surface area contributed by atoms with Crippen molar-refractivity contribution < 1.29 is 9.32 Å². The van der Waals surface area contributed by atoms with E-state index in [9.17, 15) is 4.79 Å². The fourth-order valence-corrected chi connectivity index (χ4v) is 3.11. The van der Waals surface area contributed by atoms with Crippen molar-refractivity contribution >= 4 is 5.91 Å². The van der Waals surface area contributed by atoms with E-state index in [2.05, 4.69) is 29.3 Å². The molecule has 20 heavy (non-hydrogen) atoms. The Morgan fingerprint density at radius 2 is 2.30 bits per heavy atom. The van der Waals surface area contributed by atoms with Crippen molar-refractivity contribution in [3.63, 3.8) is 0 Å². The maximum absolute atomic E-state index is 12.3. The highest BCUT2D eigenvalue weighted by Gasteiger charge is 2.33. The number of aromatic nitrogens is 1. The number of likely N-dealkylation sites (tertiary alicyclic amines) is 1. The Kier molecular flexibility index (Phi) is 3.78. The van der Waals surface area contributed by atoms with E-state index in [1.54, 1.807) is 6.07 Å². The van der Waals surface area contributed by atoms with Gasteiger partial charge in [-0.25, -0.2) is 0 Å². The first-order valence-corrected chi connectivity index (χ1v) is 7.63. The standard InChI is InChI=1S/C15H23N3O2/c1-3-4-11-8-18(2)9-13(11)16-15(19)12-7-14(20-17-12)10-5-6-10/h7,10-11,13H,3-6,8-9H2,1-2H3,(H,16,19)/t11-,13-/m0/s1. The van der Waals surface area contributed by atoms with Crippen LogP contribution >= 0.6 is 0 Å². The predicted octanol–water partition coefficient (Wildman–Crippen LogP) is 2.01. The molecular formula is C15H23N3O2. The number of amides is 1. The molecule has 1 N–H and O–H groups in total. The fourth-order valence-electron chi connectivity index (χ4n) is 3.11. The zero-order valence-corrected chi connectivity index (χ0v) is 12.3. The molecule has 1 aliphatic heterocycles. The summed E-state index contributed by atoms with van der Waals surface area (Å²) in [6, 6.07) is 2.04. The summed E-state index contributed by atoms with van der Waals surface area (Å²) in [7, 11) is 2.11. The zero-order chi connectivity index (χ0) is 14.1. The van der Waals surface area contributed by atoms with E-state index in [0.29, 0.717) is 17.5 Å². The SMILES string of the molecule is CCC[C@H]1CN(C)C[C@@H]1NC(=O)c1cc(C2CC2)on1. The zero-order valence-electron chi connectivity index (χ0n) is 12.3. The molecule has 110 valence electrons. The lowest BCUT2D eigenvalue weighted by Gasteiger charge is -2.18. The highest BCUT2D eigenvalue weighted by molar-refractivity contribution is 5.92. The van der Waals surface area contributed by atoms with Gasteiger partial charge in [0.05, 0.1) is 0 Å².